The van der Waals surface area contributed by atoms with Gasteiger partial charge in [-0.25, -0.2) is 0 Å². The minimum Gasteiger partial charge on any atom is -0.325 e. The van der Waals surface area contributed by atoms with Crippen LogP contribution in [0.25, 0.3) is 0 Å². The molecule has 22 heavy (non-hydrogen) atoms. The van der Waals surface area contributed by atoms with E-state index in [0.29, 0.717) is 17.5 Å². The molecule has 0 aliphatic rings. The quantitative estimate of drug-likeness (QED) is 0.839. The SMILES string of the molecule is CC(C)c1ccc(NC(=O)CNCc2ccccc2Cl)cc1. The Hall–Kier alpha value is -1.84. The first kappa shape index (κ1) is 16.5. The topological polar surface area (TPSA) is 41.1 Å². The van der Waals surface area contributed by atoms with Gasteiger partial charge >= 0.3 is 0 Å². The van der Waals surface area contributed by atoms with E-state index in [1.54, 1.807) is 0 Å². The molecule has 4 heteroatoms. The van der Waals surface area contributed by atoms with Crippen LogP contribution in [0.2, 0.25) is 5.02 Å². The summed E-state index contributed by atoms with van der Waals surface area (Å²) in [6, 6.07) is 15.5. The van der Waals surface area contributed by atoms with E-state index < -0.39 is 0 Å². The zero-order chi connectivity index (χ0) is 15.9. The van der Waals surface area contributed by atoms with Crippen LogP contribution in [0.5, 0.6) is 0 Å². The van der Waals surface area contributed by atoms with E-state index >= 15 is 0 Å². The smallest absolute Gasteiger partial charge is 0.238 e. The van der Waals surface area contributed by atoms with Crippen molar-refractivity contribution >= 4 is 23.2 Å². The fraction of sp³-hybridized carbons (Fsp3) is 0.278. The first-order valence-electron chi connectivity index (χ1n) is 7.40. The highest BCUT2D eigenvalue weighted by Gasteiger charge is 2.04. The Kier molecular flexibility index (Phi) is 5.99. The van der Waals surface area contributed by atoms with Crippen molar-refractivity contribution in [3.63, 3.8) is 0 Å². The third kappa shape index (κ3) is 4.86. The van der Waals surface area contributed by atoms with E-state index in [9.17, 15) is 4.79 Å². The highest BCUT2D eigenvalue weighted by molar-refractivity contribution is 6.31. The number of nitrogens with one attached hydrogen (secondary N) is 2. The van der Waals surface area contributed by atoms with E-state index in [1.165, 1.54) is 5.56 Å². The van der Waals surface area contributed by atoms with Gasteiger partial charge in [-0.2, -0.15) is 0 Å². The molecule has 0 radical (unpaired) electrons. The van der Waals surface area contributed by atoms with E-state index in [-0.39, 0.29) is 12.5 Å². The van der Waals surface area contributed by atoms with E-state index in [1.807, 2.05) is 48.5 Å². The van der Waals surface area contributed by atoms with Crippen LogP contribution in [0.4, 0.5) is 5.69 Å². The summed E-state index contributed by atoms with van der Waals surface area (Å²) in [5.74, 6) is 0.423. The molecule has 2 aromatic rings. The van der Waals surface area contributed by atoms with Gasteiger partial charge in [-0.3, -0.25) is 4.79 Å². The summed E-state index contributed by atoms with van der Waals surface area (Å²) in [6.45, 7) is 5.11. The largest absolute Gasteiger partial charge is 0.325 e. The lowest BCUT2D eigenvalue weighted by molar-refractivity contribution is -0.115. The lowest BCUT2D eigenvalue weighted by Crippen LogP contribution is -2.27. The van der Waals surface area contributed by atoms with Crippen molar-refractivity contribution in [2.75, 3.05) is 11.9 Å². The predicted octanol–water partition coefficient (Wildman–Crippen LogP) is 4.19. The van der Waals surface area contributed by atoms with Gasteiger partial charge in [0.05, 0.1) is 6.54 Å². The molecule has 2 aromatic carbocycles. The third-order valence-electron chi connectivity index (χ3n) is 3.42. The summed E-state index contributed by atoms with van der Waals surface area (Å²) in [6.07, 6.45) is 0. The highest BCUT2D eigenvalue weighted by Crippen LogP contribution is 2.17. The standard InChI is InChI=1S/C18H21ClN2O/c1-13(2)14-7-9-16(10-8-14)21-18(22)12-20-11-15-5-3-4-6-17(15)19/h3-10,13,20H,11-12H2,1-2H3,(H,21,22). The van der Waals surface area contributed by atoms with Crippen LogP contribution >= 0.6 is 11.6 Å². The molecule has 0 unspecified atom stereocenters. The van der Waals surface area contributed by atoms with Gasteiger partial charge < -0.3 is 10.6 Å². The van der Waals surface area contributed by atoms with Crippen molar-refractivity contribution < 1.29 is 4.79 Å². The average Bonchev–Trinajstić information content (AvgIpc) is 2.50. The van der Waals surface area contributed by atoms with Crippen molar-refractivity contribution in [2.24, 2.45) is 0 Å². The fourth-order valence-corrected chi connectivity index (χ4v) is 2.31. The van der Waals surface area contributed by atoms with E-state index in [4.69, 9.17) is 11.6 Å². The molecule has 2 N–H and O–H groups in total. The molecule has 0 bridgehead atoms. The molecule has 0 saturated carbocycles. The lowest BCUT2D eigenvalue weighted by Gasteiger charge is -2.09. The number of hydrogen-bond donors (Lipinski definition) is 2. The van der Waals surface area contributed by atoms with Crippen molar-refractivity contribution in [2.45, 2.75) is 26.3 Å². The number of rotatable bonds is 6. The van der Waals surface area contributed by atoms with E-state index in [0.717, 1.165) is 11.3 Å². The fourth-order valence-electron chi connectivity index (χ4n) is 2.11. The van der Waals surface area contributed by atoms with Crippen LogP contribution in [-0.4, -0.2) is 12.5 Å². The molecule has 0 aliphatic carbocycles. The van der Waals surface area contributed by atoms with Gasteiger partial charge in [0, 0.05) is 17.3 Å². The van der Waals surface area contributed by atoms with E-state index in [2.05, 4.69) is 24.5 Å². The Bertz CT molecular complexity index is 623. The number of carbonyl (C=O) groups excluding carboxylic acids is 1. The molecule has 0 aliphatic heterocycles. The van der Waals surface area contributed by atoms with Gasteiger partial charge in [0.15, 0.2) is 0 Å². The van der Waals surface area contributed by atoms with Crippen molar-refractivity contribution in [3.8, 4) is 0 Å². The Morgan fingerprint density at radius 3 is 2.41 bits per heavy atom. The number of hydrogen-bond acceptors (Lipinski definition) is 2. The van der Waals surface area contributed by atoms with Gasteiger partial charge in [-0.15, -0.1) is 0 Å². The number of amides is 1. The molecule has 2 rings (SSSR count). The first-order valence-corrected chi connectivity index (χ1v) is 7.78. The molecule has 0 heterocycles. The van der Waals surface area contributed by atoms with Gasteiger partial charge in [0.1, 0.15) is 0 Å². The number of benzene rings is 2. The first-order chi connectivity index (χ1) is 10.6. The minimum absolute atomic E-state index is 0.0654. The van der Waals surface area contributed by atoms with Gasteiger partial charge in [0.25, 0.3) is 0 Å². The molecule has 116 valence electrons. The monoisotopic (exact) mass is 316 g/mol. The summed E-state index contributed by atoms with van der Waals surface area (Å²) in [4.78, 5) is 11.9. The Morgan fingerprint density at radius 1 is 1.09 bits per heavy atom. The number of carbonyl (C=O) groups is 1. The van der Waals surface area contributed by atoms with Crippen LogP contribution in [-0.2, 0) is 11.3 Å². The molecule has 0 atom stereocenters. The molecule has 0 fully saturated rings. The van der Waals surface area contributed by atoms with Crippen molar-refractivity contribution in [3.05, 3.63) is 64.7 Å². The molecular formula is C18H21ClN2O. The van der Waals surface area contributed by atoms with Crippen LogP contribution in [0.15, 0.2) is 48.5 Å². The van der Waals surface area contributed by atoms with Crippen LogP contribution in [0.1, 0.15) is 30.9 Å². The van der Waals surface area contributed by atoms with Crippen LogP contribution in [0, 0.1) is 0 Å². The molecule has 0 saturated heterocycles. The molecule has 0 spiro atoms. The van der Waals surface area contributed by atoms with Crippen LogP contribution in [0.3, 0.4) is 0 Å². The highest BCUT2D eigenvalue weighted by atomic mass is 35.5. The van der Waals surface area contributed by atoms with Crippen molar-refractivity contribution in [1.29, 1.82) is 0 Å². The predicted molar refractivity (Wildman–Crippen MR) is 92.3 cm³/mol. The number of halogens is 1. The van der Waals surface area contributed by atoms with Crippen LogP contribution < -0.4 is 10.6 Å². The summed E-state index contributed by atoms with van der Waals surface area (Å²) in [7, 11) is 0. The summed E-state index contributed by atoms with van der Waals surface area (Å²) in [5.41, 5.74) is 3.06. The summed E-state index contributed by atoms with van der Waals surface area (Å²) in [5, 5.41) is 6.68. The second kappa shape index (κ2) is 7.97. The van der Waals surface area contributed by atoms with Gasteiger partial charge in [0.2, 0.25) is 5.91 Å². The Morgan fingerprint density at radius 2 is 1.77 bits per heavy atom. The molecule has 3 nitrogen and oxygen atoms in total. The molecule has 1 amide bonds. The summed E-state index contributed by atoms with van der Waals surface area (Å²) < 4.78 is 0. The van der Waals surface area contributed by atoms with Gasteiger partial charge in [-0.05, 0) is 35.2 Å². The molecule has 0 aromatic heterocycles. The lowest BCUT2D eigenvalue weighted by atomic mass is 10.0. The average molecular weight is 317 g/mol. The Labute approximate surface area is 136 Å². The zero-order valence-corrected chi connectivity index (χ0v) is 13.7. The third-order valence-corrected chi connectivity index (χ3v) is 3.79. The Balaban J connectivity index is 1.79. The summed E-state index contributed by atoms with van der Waals surface area (Å²) >= 11 is 6.07. The number of anilines is 1. The molecular weight excluding hydrogens is 296 g/mol. The normalized spacial score (nSPS) is 10.7. The van der Waals surface area contributed by atoms with Gasteiger partial charge in [-0.1, -0.05) is 55.8 Å². The maximum absolute atomic E-state index is 11.9. The minimum atomic E-state index is -0.0654. The maximum atomic E-state index is 11.9. The second-order valence-electron chi connectivity index (χ2n) is 5.52. The maximum Gasteiger partial charge on any atom is 0.238 e. The van der Waals surface area contributed by atoms with Crippen molar-refractivity contribution in [1.82, 2.24) is 5.32 Å². The zero-order valence-electron chi connectivity index (χ0n) is 12.9. The second-order valence-corrected chi connectivity index (χ2v) is 5.93.